The number of aromatic nitrogens is 3. The van der Waals surface area contributed by atoms with Crippen molar-refractivity contribution in [2.75, 3.05) is 49.2 Å². The highest BCUT2D eigenvalue weighted by Gasteiger charge is 2.20. The first-order valence-corrected chi connectivity index (χ1v) is 10.1. The molecule has 8 nitrogen and oxygen atoms in total. The lowest BCUT2D eigenvalue weighted by Crippen LogP contribution is -2.46. The van der Waals surface area contributed by atoms with E-state index >= 15 is 0 Å². The second kappa shape index (κ2) is 9.41. The number of nitrogen functional groups attached to an aromatic ring is 1. The number of methoxy groups -OCH3 is 1. The molecule has 0 aliphatic carbocycles. The highest BCUT2D eigenvalue weighted by molar-refractivity contribution is 5.58. The Morgan fingerprint density at radius 1 is 0.933 bits per heavy atom. The van der Waals surface area contributed by atoms with Crippen molar-refractivity contribution < 1.29 is 4.74 Å². The summed E-state index contributed by atoms with van der Waals surface area (Å²) in [6.07, 6.45) is 0. The van der Waals surface area contributed by atoms with Gasteiger partial charge in [0.15, 0.2) is 0 Å². The van der Waals surface area contributed by atoms with Gasteiger partial charge in [-0.3, -0.25) is 4.90 Å². The molecule has 8 heteroatoms. The monoisotopic (exact) mass is 405 g/mol. The standard InChI is InChI=1S/C22H27N7O/c1-30-19-10-6-5-9-18(19)29-13-11-28(12-14-29)16-20-25-21(23)27-22(26-20)24-15-17-7-3-2-4-8-17/h2-10H,11-16H2,1H3,(H3,23,24,25,26,27). The average Bonchev–Trinajstić information content (AvgIpc) is 2.78. The third-order valence-corrected chi connectivity index (χ3v) is 5.16. The Hall–Kier alpha value is -3.39. The second-order valence-corrected chi connectivity index (χ2v) is 7.21. The number of rotatable bonds is 7. The first-order chi connectivity index (χ1) is 14.7. The van der Waals surface area contributed by atoms with Crippen LogP contribution in [0.5, 0.6) is 5.75 Å². The molecule has 3 N–H and O–H groups in total. The number of hydrogen-bond acceptors (Lipinski definition) is 8. The van der Waals surface area contributed by atoms with Crippen LogP contribution in [0.15, 0.2) is 54.6 Å². The molecule has 0 bridgehead atoms. The Morgan fingerprint density at radius 2 is 1.67 bits per heavy atom. The number of nitrogens with two attached hydrogens (primary N) is 1. The Kier molecular flexibility index (Phi) is 6.24. The van der Waals surface area contributed by atoms with Gasteiger partial charge in [-0.1, -0.05) is 42.5 Å². The maximum Gasteiger partial charge on any atom is 0.228 e. The molecule has 3 aromatic rings. The molecule has 1 aliphatic rings. The SMILES string of the molecule is COc1ccccc1N1CCN(Cc2nc(N)nc(NCc3ccccc3)n2)CC1. The van der Waals surface area contributed by atoms with Gasteiger partial charge in [0.25, 0.3) is 0 Å². The Bertz CT molecular complexity index is 959. The van der Waals surface area contributed by atoms with E-state index in [-0.39, 0.29) is 5.95 Å². The molecule has 0 unspecified atom stereocenters. The number of hydrogen-bond donors (Lipinski definition) is 2. The van der Waals surface area contributed by atoms with Crippen molar-refractivity contribution in [3.05, 3.63) is 66.0 Å². The summed E-state index contributed by atoms with van der Waals surface area (Å²) in [5, 5.41) is 3.24. The summed E-state index contributed by atoms with van der Waals surface area (Å²) in [4.78, 5) is 17.8. The maximum atomic E-state index is 5.92. The Balaban J connectivity index is 1.35. The molecule has 1 aromatic heterocycles. The lowest BCUT2D eigenvalue weighted by molar-refractivity contribution is 0.243. The first kappa shape index (κ1) is 19.9. The molecule has 0 radical (unpaired) electrons. The van der Waals surface area contributed by atoms with Gasteiger partial charge in [-0.15, -0.1) is 0 Å². The molecule has 2 heterocycles. The minimum Gasteiger partial charge on any atom is -0.495 e. The summed E-state index contributed by atoms with van der Waals surface area (Å²) >= 11 is 0. The molecular formula is C22H27N7O. The van der Waals surface area contributed by atoms with Crippen LogP contribution in [-0.2, 0) is 13.1 Å². The lowest BCUT2D eigenvalue weighted by Gasteiger charge is -2.36. The molecule has 156 valence electrons. The molecule has 2 aromatic carbocycles. The Morgan fingerprint density at radius 3 is 2.43 bits per heavy atom. The zero-order chi connectivity index (χ0) is 20.8. The van der Waals surface area contributed by atoms with Crippen LogP contribution in [0.3, 0.4) is 0 Å². The van der Waals surface area contributed by atoms with E-state index in [0.29, 0.717) is 24.9 Å². The van der Waals surface area contributed by atoms with E-state index in [9.17, 15) is 0 Å². The summed E-state index contributed by atoms with van der Waals surface area (Å²) in [5.41, 5.74) is 8.21. The molecule has 0 atom stereocenters. The molecule has 0 saturated carbocycles. The van der Waals surface area contributed by atoms with Crippen molar-refractivity contribution in [3.8, 4) is 5.75 Å². The molecule has 30 heavy (non-hydrogen) atoms. The smallest absolute Gasteiger partial charge is 0.228 e. The number of benzene rings is 2. The van der Waals surface area contributed by atoms with Gasteiger partial charge in [-0.05, 0) is 17.7 Å². The lowest BCUT2D eigenvalue weighted by atomic mass is 10.2. The van der Waals surface area contributed by atoms with Crippen LogP contribution < -0.4 is 20.7 Å². The Labute approximate surface area is 176 Å². The van der Waals surface area contributed by atoms with Crippen molar-refractivity contribution in [1.29, 1.82) is 0 Å². The van der Waals surface area contributed by atoms with E-state index in [0.717, 1.165) is 43.2 Å². The van der Waals surface area contributed by atoms with E-state index in [4.69, 9.17) is 10.5 Å². The van der Waals surface area contributed by atoms with Gasteiger partial charge in [-0.25, -0.2) is 0 Å². The number of piperazine rings is 1. The van der Waals surface area contributed by atoms with Gasteiger partial charge in [0.05, 0.1) is 19.3 Å². The number of ether oxygens (including phenoxy) is 1. The van der Waals surface area contributed by atoms with Crippen LogP contribution >= 0.6 is 0 Å². The summed E-state index contributed by atoms with van der Waals surface area (Å²) in [5.74, 6) is 2.34. The van der Waals surface area contributed by atoms with Crippen molar-refractivity contribution in [3.63, 3.8) is 0 Å². The fourth-order valence-electron chi connectivity index (χ4n) is 3.60. The molecular weight excluding hydrogens is 378 g/mol. The van der Waals surface area contributed by atoms with Gasteiger partial charge in [0.1, 0.15) is 11.6 Å². The minimum absolute atomic E-state index is 0.239. The van der Waals surface area contributed by atoms with Crippen molar-refractivity contribution in [1.82, 2.24) is 19.9 Å². The fraction of sp³-hybridized carbons (Fsp3) is 0.318. The van der Waals surface area contributed by atoms with Crippen LogP contribution in [0.4, 0.5) is 17.6 Å². The van der Waals surface area contributed by atoms with Crippen molar-refractivity contribution in [2.45, 2.75) is 13.1 Å². The predicted molar refractivity (Wildman–Crippen MR) is 118 cm³/mol. The maximum absolute atomic E-state index is 5.92. The topological polar surface area (TPSA) is 92.4 Å². The van der Waals surface area contributed by atoms with Crippen LogP contribution in [0.2, 0.25) is 0 Å². The average molecular weight is 406 g/mol. The summed E-state index contributed by atoms with van der Waals surface area (Å²) < 4.78 is 5.50. The molecule has 1 aliphatic heterocycles. The van der Waals surface area contributed by atoms with Gasteiger partial charge < -0.3 is 20.7 Å². The third kappa shape index (κ3) is 4.96. The van der Waals surface area contributed by atoms with Crippen molar-refractivity contribution >= 4 is 17.6 Å². The number of anilines is 3. The van der Waals surface area contributed by atoms with Gasteiger partial charge in [0, 0.05) is 32.7 Å². The first-order valence-electron chi connectivity index (χ1n) is 10.1. The molecule has 0 spiro atoms. The summed E-state index contributed by atoms with van der Waals surface area (Å²) in [6, 6.07) is 18.3. The molecule has 1 fully saturated rings. The van der Waals surface area contributed by atoms with Crippen LogP contribution in [0.1, 0.15) is 11.4 Å². The normalized spacial score (nSPS) is 14.5. The fourth-order valence-corrected chi connectivity index (χ4v) is 3.60. The van der Waals surface area contributed by atoms with E-state index in [1.165, 1.54) is 0 Å². The van der Waals surface area contributed by atoms with E-state index in [2.05, 4.69) is 48.3 Å². The largest absolute Gasteiger partial charge is 0.495 e. The highest BCUT2D eigenvalue weighted by Crippen LogP contribution is 2.28. The molecule has 4 rings (SSSR count). The van der Waals surface area contributed by atoms with Crippen LogP contribution in [0.25, 0.3) is 0 Å². The highest BCUT2D eigenvalue weighted by atomic mass is 16.5. The number of nitrogens with zero attached hydrogens (tertiary/aromatic N) is 5. The molecule has 1 saturated heterocycles. The quantitative estimate of drug-likeness (QED) is 0.619. The predicted octanol–water partition coefficient (Wildman–Crippen LogP) is 2.40. The van der Waals surface area contributed by atoms with Crippen molar-refractivity contribution in [2.24, 2.45) is 0 Å². The van der Waals surface area contributed by atoms with Crippen LogP contribution in [0, 0.1) is 0 Å². The van der Waals surface area contributed by atoms with E-state index in [1.54, 1.807) is 7.11 Å². The summed E-state index contributed by atoms with van der Waals surface area (Å²) in [6.45, 7) is 4.95. The van der Waals surface area contributed by atoms with Crippen LogP contribution in [-0.4, -0.2) is 53.1 Å². The van der Waals surface area contributed by atoms with Gasteiger partial charge >= 0.3 is 0 Å². The van der Waals surface area contributed by atoms with E-state index < -0.39 is 0 Å². The minimum atomic E-state index is 0.239. The zero-order valence-corrected chi connectivity index (χ0v) is 17.2. The summed E-state index contributed by atoms with van der Waals surface area (Å²) in [7, 11) is 1.71. The third-order valence-electron chi connectivity index (χ3n) is 5.16. The van der Waals surface area contributed by atoms with Gasteiger partial charge in [-0.2, -0.15) is 15.0 Å². The number of nitrogens with one attached hydrogen (secondary N) is 1. The zero-order valence-electron chi connectivity index (χ0n) is 17.2. The van der Waals surface area contributed by atoms with Gasteiger partial charge in [0.2, 0.25) is 11.9 Å². The second-order valence-electron chi connectivity index (χ2n) is 7.21. The molecule has 0 amide bonds. The van der Waals surface area contributed by atoms with E-state index in [1.807, 2.05) is 36.4 Å². The number of para-hydroxylation sites is 2.